The highest BCUT2D eigenvalue weighted by atomic mass is 15.2. The maximum absolute atomic E-state index is 4.92. The fourth-order valence-electron chi connectivity index (χ4n) is 3.92. The monoisotopic (exact) mass is 267 g/mol. The van der Waals surface area contributed by atoms with E-state index in [2.05, 4.69) is 40.5 Å². The van der Waals surface area contributed by atoms with Crippen molar-refractivity contribution in [1.82, 2.24) is 10.3 Å². The normalized spacial score (nSPS) is 24.8. The van der Waals surface area contributed by atoms with Gasteiger partial charge < -0.3 is 10.2 Å². The first-order valence-corrected chi connectivity index (χ1v) is 7.65. The van der Waals surface area contributed by atoms with E-state index in [9.17, 15) is 0 Å². The number of anilines is 1. The quantitative estimate of drug-likeness (QED) is 0.926. The molecule has 1 saturated carbocycles. The molecular formula is C17H21N3. The van der Waals surface area contributed by atoms with Crippen LogP contribution in [0.15, 0.2) is 30.3 Å². The zero-order valence-electron chi connectivity index (χ0n) is 12.0. The minimum Gasteiger partial charge on any atom is -0.353 e. The number of hydrogen-bond donors (Lipinski definition) is 1. The number of pyridine rings is 1. The van der Waals surface area contributed by atoms with Crippen LogP contribution in [0.5, 0.6) is 0 Å². The van der Waals surface area contributed by atoms with Gasteiger partial charge in [0.15, 0.2) is 0 Å². The van der Waals surface area contributed by atoms with Gasteiger partial charge in [0.2, 0.25) is 0 Å². The van der Waals surface area contributed by atoms with Crippen molar-refractivity contribution in [3.8, 4) is 0 Å². The molecule has 3 heteroatoms. The molecule has 4 rings (SSSR count). The highest BCUT2D eigenvalue weighted by molar-refractivity contribution is 5.84. The van der Waals surface area contributed by atoms with E-state index in [-0.39, 0.29) is 0 Å². The predicted molar refractivity (Wildman–Crippen MR) is 83.0 cm³/mol. The Hall–Kier alpha value is -1.61. The first-order chi connectivity index (χ1) is 9.85. The maximum atomic E-state index is 4.92. The summed E-state index contributed by atoms with van der Waals surface area (Å²) >= 11 is 0. The van der Waals surface area contributed by atoms with Crippen LogP contribution >= 0.6 is 0 Å². The van der Waals surface area contributed by atoms with Crippen molar-refractivity contribution < 1.29 is 0 Å². The molecule has 2 bridgehead atoms. The van der Waals surface area contributed by atoms with Crippen LogP contribution in [0.2, 0.25) is 0 Å². The van der Waals surface area contributed by atoms with Crippen LogP contribution in [-0.4, -0.2) is 24.6 Å². The second-order valence-corrected chi connectivity index (χ2v) is 6.17. The van der Waals surface area contributed by atoms with Gasteiger partial charge >= 0.3 is 0 Å². The molecule has 2 atom stereocenters. The summed E-state index contributed by atoms with van der Waals surface area (Å²) in [6, 6.07) is 11.5. The van der Waals surface area contributed by atoms with E-state index in [1.807, 2.05) is 7.05 Å². The zero-order valence-corrected chi connectivity index (χ0v) is 12.0. The molecule has 2 unspecified atom stereocenters. The van der Waals surface area contributed by atoms with E-state index in [0.29, 0.717) is 0 Å². The lowest BCUT2D eigenvalue weighted by atomic mass is 10.1. The van der Waals surface area contributed by atoms with Crippen molar-refractivity contribution in [2.75, 3.05) is 18.5 Å². The molecule has 2 aliphatic rings. The molecule has 3 nitrogen and oxygen atoms in total. The summed E-state index contributed by atoms with van der Waals surface area (Å²) < 4.78 is 0. The van der Waals surface area contributed by atoms with E-state index in [1.165, 1.54) is 42.6 Å². The van der Waals surface area contributed by atoms with Gasteiger partial charge in [0.1, 0.15) is 5.82 Å². The van der Waals surface area contributed by atoms with Gasteiger partial charge in [-0.3, -0.25) is 0 Å². The summed E-state index contributed by atoms with van der Waals surface area (Å²) in [5, 5.41) is 4.55. The minimum absolute atomic E-state index is 0.732. The Morgan fingerprint density at radius 3 is 2.95 bits per heavy atom. The first kappa shape index (κ1) is 12.2. The summed E-state index contributed by atoms with van der Waals surface area (Å²) in [7, 11) is 2.01. The molecule has 1 aliphatic heterocycles. The first-order valence-electron chi connectivity index (χ1n) is 7.65. The highest BCUT2D eigenvalue weighted by Gasteiger charge is 2.38. The Morgan fingerprint density at radius 1 is 1.30 bits per heavy atom. The van der Waals surface area contributed by atoms with Gasteiger partial charge in [0, 0.05) is 24.5 Å². The summed E-state index contributed by atoms with van der Waals surface area (Å²) in [5.74, 6) is 2.09. The van der Waals surface area contributed by atoms with Gasteiger partial charge in [-0.2, -0.15) is 0 Å². The molecule has 1 aromatic carbocycles. The Bertz CT molecular complexity index is 637. The van der Waals surface area contributed by atoms with Crippen LogP contribution in [0.1, 0.15) is 24.8 Å². The molecule has 1 aromatic heterocycles. The third kappa shape index (κ3) is 1.88. The average Bonchev–Trinajstić information content (AvgIpc) is 3.10. The SMILES string of the molecule is CNCc1cc(N2CC3CCC2C3)nc2ccccc12. The van der Waals surface area contributed by atoms with Crippen molar-refractivity contribution in [1.29, 1.82) is 0 Å². The fraction of sp³-hybridized carbons (Fsp3) is 0.471. The number of para-hydroxylation sites is 1. The van der Waals surface area contributed by atoms with Crippen molar-refractivity contribution in [3.63, 3.8) is 0 Å². The molecule has 2 aromatic rings. The Labute approximate surface area is 120 Å². The van der Waals surface area contributed by atoms with Crippen molar-refractivity contribution in [2.24, 2.45) is 5.92 Å². The van der Waals surface area contributed by atoms with E-state index >= 15 is 0 Å². The molecular weight excluding hydrogens is 246 g/mol. The van der Waals surface area contributed by atoms with Crippen LogP contribution in [0.4, 0.5) is 5.82 Å². The molecule has 104 valence electrons. The largest absolute Gasteiger partial charge is 0.353 e. The summed E-state index contributed by atoms with van der Waals surface area (Å²) in [6.45, 7) is 2.10. The minimum atomic E-state index is 0.732. The number of hydrogen-bond acceptors (Lipinski definition) is 3. The predicted octanol–water partition coefficient (Wildman–Crippen LogP) is 2.94. The Kier molecular flexibility index (Phi) is 2.88. The van der Waals surface area contributed by atoms with Crippen LogP contribution in [0, 0.1) is 5.92 Å². The van der Waals surface area contributed by atoms with Crippen molar-refractivity contribution >= 4 is 16.7 Å². The Balaban J connectivity index is 1.80. The number of aromatic nitrogens is 1. The smallest absolute Gasteiger partial charge is 0.129 e. The van der Waals surface area contributed by atoms with Gasteiger partial charge in [-0.15, -0.1) is 0 Å². The lowest BCUT2D eigenvalue weighted by molar-refractivity contribution is 0.550. The maximum Gasteiger partial charge on any atom is 0.129 e. The van der Waals surface area contributed by atoms with Gasteiger partial charge in [0.25, 0.3) is 0 Å². The molecule has 1 aliphatic carbocycles. The molecule has 0 radical (unpaired) electrons. The standard InChI is InChI=1S/C17H21N3/c1-18-10-13-9-17(19-16-5-3-2-4-15(13)16)20-11-12-6-7-14(20)8-12/h2-5,9,12,14,18H,6-8,10-11H2,1H3. The summed E-state index contributed by atoms with van der Waals surface area (Å²) in [6.07, 6.45) is 4.13. The number of fused-ring (bicyclic) bond motifs is 3. The molecule has 1 N–H and O–H groups in total. The van der Waals surface area contributed by atoms with Crippen LogP contribution < -0.4 is 10.2 Å². The van der Waals surface area contributed by atoms with Gasteiger partial charge in [-0.25, -0.2) is 4.98 Å². The van der Waals surface area contributed by atoms with Gasteiger partial charge in [-0.1, -0.05) is 18.2 Å². The second-order valence-electron chi connectivity index (χ2n) is 6.17. The molecule has 1 saturated heterocycles. The third-order valence-electron chi connectivity index (χ3n) is 4.86. The summed E-state index contributed by atoms with van der Waals surface area (Å²) in [5.41, 5.74) is 2.48. The van der Waals surface area contributed by atoms with E-state index in [1.54, 1.807) is 0 Å². The van der Waals surface area contributed by atoms with Crippen molar-refractivity contribution in [2.45, 2.75) is 31.8 Å². The van der Waals surface area contributed by atoms with E-state index in [4.69, 9.17) is 4.98 Å². The lowest BCUT2D eigenvalue weighted by Gasteiger charge is -2.28. The fourth-order valence-corrected chi connectivity index (χ4v) is 3.92. The van der Waals surface area contributed by atoms with Gasteiger partial charge in [0.05, 0.1) is 5.52 Å². The second kappa shape index (κ2) is 4.74. The third-order valence-corrected chi connectivity index (χ3v) is 4.86. The number of nitrogens with one attached hydrogen (secondary N) is 1. The highest BCUT2D eigenvalue weighted by Crippen LogP contribution is 2.40. The van der Waals surface area contributed by atoms with Crippen LogP contribution in [-0.2, 0) is 6.54 Å². The number of piperidine rings is 1. The van der Waals surface area contributed by atoms with E-state index < -0.39 is 0 Å². The van der Waals surface area contributed by atoms with Gasteiger partial charge in [-0.05, 0) is 49.9 Å². The van der Waals surface area contributed by atoms with E-state index in [0.717, 1.165) is 24.0 Å². The molecule has 2 fully saturated rings. The molecule has 2 heterocycles. The number of rotatable bonds is 3. The molecule has 0 spiro atoms. The Morgan fingerprint density at radius 2 is 2.20 bits per heavy atom. The molecule has 0 amide bonds. The van der Waals surface area contributed by atoms with Crippen molar-refractivity contribution in [3.05, 3.63) is 35.9 Å². The zero-order chi connectivity index (χ0) is 13.5. The number of nitrogens with zero attached hydrogens (tertiary/aromatic N) is 2. The number of benzene rings is 1. The summed E-state index contributed by atoms with van der Waals surface area (Å²) in [4.78, 5) is 7.46. The average molecular weight is 267 g/mol. The molecule has 20 heavy (non-hydrogen) atoms. The van der Waals surface area contributed by atoms with Crippen LogP contribution in [0.25, 0.3) is 10.9 Å². The van der Waals surface area contributed by atoms with Crippen LogP contribution in [0.3, 0.4) is 0 Å². The lowest BCUT2D eigenvalue weighted by Crippen LogP contribution is -2.32. The topological polar surface area (TPSA) is 28.2 Å².